The quantitative estimate of drug-likeness (QED) is 0.610. The van der Waals surface area contributed by atoms with Crippen LogP contribution in [0.5, 0.6) is 0 Å². The van der Waals surface area contributed by atoms with Gasteiger partial charge in [-0.1, -0.05) is 26.7 Å². The van der Waals surface area contributed by atoms with E-state index in [9.17, 15) is 0 Å². The third-order valence-electron chi connectivity index (χ3n) is 4.28. The lowest BCUT2D eigenvalue weighted by Gasteiger charge is -2.31. The Hall–Kier alpha value is -0.520. The summed E-state index contributed by atoms with van der Waals surface area (Å²) < 4.78 is 0. The van der Waals surface area contributed by atoms with Gasteiger partial charge in [-0.25, -0.2) is 0 Å². The number of hydrogen-bond donors (Lipinski definition) is 1. The van der Waals surface area contributed by atoms with Crippen molar-refractivity contribution in [3.8, 4) is 12.3 Å². The van der Waals surface area contributed by atoms with Gasteiger partial charge in [0.2, 0.25) is 0 Å². The van der Waals surface area contributed by atoms with Crippen molar-refractivity contribution >= 4 is 0 Å². The van der Waals surface area contributed by atoms with Crippen LogP contribution in [0.3, 0.4) is 0 Å². The Kier molecular flexibility index (Phi) is 6.18. The van der Waals surface area contributed by atoms with Crippen molar-refractivity contribution in [1.82, 2.24) is 10.2 Å². The predicted molar refractivity (Wildman–Crippen MR) is 79.5 cm³/mol. The fourth-order valence-corrected chi connectivity index (χ4v) is 2.91. The van der Waals surface area contributed by atoms with Gasteiger partial charge in [-0.2, -0.15) is 0 Å². The van der Waals surface area contributed by atoms with Crippen LogP contribution in [-0.4, -0.2) is 37.1 Å². The van der Waals surface area contributed by atoms with Crippen LogP contribution >= 0.6 is 0 Å². The molecule has 0 aromatic rings. The Labute approximate surface area is 114 Å². The van der Waals surface area contributed by atoms with E-state index in [-0.39, 0.29) is 0 Å². The van der Waals surface area contributed by atoms with E-state index in [0.29, 0.717) is 18.0 Å². The van der Waals surface area contributed by atoms with Gasteiger partial charge >= 0.3 is 0 Å². The molecule has 1 fully saturated rings. The van der Waals surface area contributed by atoms with E-state index in [0.717, 1.165) is 12.5 Å². The first kappa shape index (κ1) is 15.5. The Morgan fingerprint density at radius 2 is 2.06 bits per heavy atom. The number of nitrogens with zero attached hydrogens (tertiary/aromatic N) is 1. The third kappa shape index (κ3) is 5.00. The number of terminal acetylenes is 1. The summed E-state index contributed by atoms with van der Waals surface area (Å²) in [6, 6.07) is 0.595. The highest BCUT2D eigenvalue weighted by Crippen LogP contribution is 2.34. The van der Waals surface area contributed by atoms with Crippen LogP contribution in [0, 0.1) is 23.7 Å². The van der Waals surface area contributed by atoms with Crippen molar-refractivity contribution in [2.45, 2.75) is 53.0 Å². The molecule has 2 nitrogen and oxygen atoms in total. The SMILES string of the molecule is C#CCNCC(C)N1CCCC(C(C)(C)C)CC1. The molecule has 104 valence electrons. The van der Waals surface area contributed by atoms with Gasteiger partial charge < -0.3 is 5.32 Å². The number of hydrogen-bond acceptors (Lipinski definition) is 2. The molecular formula is C16H30N2. The first-order valence-electron chi connectivity index (χ1n) is 7.33. The molecule has 18 heavy (non-hydrogen) atoms. The Morgan fingerprint density at radius 3 is 2.67 bits per heavy atom. The van der Waals surface area contributed by atoms with E-state index in [1.807, 2.05) is 0 Å². The molecule has 1 N–H and O–H groups in total. The average Bonchev–Trinajstić information content (AvgIpc) is 2.54. The van der Waals surface area contributed by atoms with Gasteiger partial charge in [0.05, 0.1) is 6.54 Å². The lowest BCUT2D eigenvalue weighted by Crippen LogP contribution is -2.41. The normalized spacial score (nSPS) is 24.3. The fourth-order valence-electron chi connectivity index (χ4n) is 2.91. The minimum atomic E-state index is 0.459. The van der Waals surface area contributed by atoms with Gasteiger partial charge in [0.1, 0.15) is 0 Å². The summed E-state index contributed by atoms with van der Waals surface area (Å²) in [5, 5.41) is 3.32. The summed E-state index contributed by atoms with van der Waals surface area (Å²) in [7, 11) is 0. The Balaban J connectivity index is 2.39. The second kappa shape index (κ2) is 7.16. The van der Waals surface area contributed by atoms with E-state index in [4.69, 9.17) is 6.42 Å². The highest BCUT2D eigenvalue weighted by Gasteiger charge is 2.28. The van der Waals surface area contributed by atoms with Crippen molar-refractivity contribution in [3.05, 3.63) is 0 Å². The van der Waals surface area contributed by atoms with E-state index in [2.05, 4.69) is 43.8 Å². The predicted octanol–water partition coefficient (Wildman–Crippen LogP) is 2.75. The molecule has 1 rings (SSSR count). The molecule has 2 atom stereocenters. The monoisotopic (exact) mass is 250 g/mol. The first-order valence-corrected chi connectivity index (χ1v) is 7.33. The smallest absolute Gasteiger partial charge is 0.0574 e. The molecule has 0 saturated carbocycles. The Bertz CT molecular complexity index is 272. The molecule has 0 aromatic heterocycles. The van der Waals surface area contributed by atoms with E-state index >= 15 is 0 Å². The maximum Gasteiger partial charge on any atom is 0.0574 e. The number of rotatable bonds is 4. The molecule has 1 aliphatic rings. The van der Waals surface area contributed by atoms with E-state index in [1.165, 1.54) is 32.4 Å². The summed E-state index contributed by atoms with van der Waals surface area (Å²) in [4.78, 5) is 2.62. The Morgan fingerprint density at radius 1 is 1.33 bits per heavy atom. The topological polar surface area (TPSA) is 15.3 Å². The lowest BCUT2D eigenvalue weighted by atomic mass is 9.77. The van der Waals surface area contributed by atoms with Crippen LogP contribution in [0.2, 0.25) is 0 Å². The van der Waals surface area contributed by atoms with Crippen LogP contribution < -0.4 is 5.32 Å². The van der Waals surface area contributed by atoms with Gasteiger partial charge in [0, 0.05) is 12.6 Å². The molecule has 2 heteroatoms. The molecule has 0 radical (unpaired) electrons. The van der Waals surface area contributed by atoms with Gasteiger partial charge in [-0.3, -0.25) is 4.90 Å². The van der Waals surface area contributed by atoms with Gasteiger partial charge in [0.25, 0.3) is 0 Å². The van der Waals surface area contributed by atoms with Crippen molar-refractivity contribution < 1.29 is 0 Å². The maximum absolute atomic E-state index is 5.26. The fraction of sp³-hybridized carbons (Fsp3) is 0.875. The number of nitrogens with one attached hydrogen (secondary N) is 1. The average molecular weight is 250 g/mol. The largest absolute Gasteiger partial charge is 0.305 e. The minimum Gasteiger partial charge on any atom is -0.305 e. The zero-order valence-corrected chi connectivity index (χ0v) is 12.6. The van der Waals surface area contributed by atoms with Crippen LogP contribution in [0.15, 0.2) is 0 Å². The van der Waals surface area contributed by atoms with Gasteiger partial charge in [-0.05, 0) is 50.6 Å². The van der Waals surface area contributed by atoms with Crippen molar-refractivity contribution in [3.63, 3.8) is 0 Å². The first-order chi connectivity index (χ1) is 8.45. The zero-order chi connectivity index (χ0) is 13.6. The second-order valence-electron chi connectivity index (χ2n) is 6.71. The second-order valence-corrected chi connectivity index (χ2v) is 6.71. The molecule has 0 bridgehead atoms. The van der Waals surface area contributed by atoms with Crippen molar-refractivity contribution in [2.75, 3.05) is 26.2 Å². The van der Waals surface area contributed by atoms with Crippen LogP contribution in [-0.2, 0) is 0 Å². The highest BCUT2D eigenvalue weighted by atomic mass is 15.2. The summed E-state index contributed by atoms with van der Waals surface area (Å²) in [5.41, 5.74) is 0.459. The van der Waals surface area contributed by atoms with Crippen molar-refractivity contribution in [1.29, 1.82) is 0 Å². The maximum atomic E-state index is 5.26. The molecule has 1 heterocycles. The van der Waals surface area contributed by atoms with Crippen molar-refractivity contribution in [2.24, 2.45) is 11.3 Å². The van der Waals surface area contributed by atoms with Crippen LogP contribution in [0.1, 0.15) is 47.0 Å². The molecule has 2 unspecified atom stereocenters. The molecule has 0 aliphatic carbocycles. The molecule has 1 saturated heterocycles. The highest BCUT2D eigenvalue weighted by molar-refractivity contribution is 4.87. The standard InChI is InChI=1S/C16H30N2/c1-6-10-17-13-14(2)18-11-7-8-15(9-12-18)16(3,4)5/h1,14-15,17H,7-13H2,2-5H3. The summed E-state index contributed by atoms with van der Waals surface area (Å²) in [6.07, 6.45) is 9.31. The lowest BCUT2D eigenvalue weighted by molar-refractivity contribution is 0.187. The molecule has 0 aromatic carbocycles. The van der Waals surface area contributed by atoms with Crippen LogP contribution in [0.25, 0.3) is 0 Å². The van der Waals surface area contributed by atoms with E-state index in [1.54, 1.807) is 0 Å². The summed E-state index contributed by atoms with van der Waals surface area (Å²) in [6.45, 7) is 13.6. The zero-order valence-electron chi connectivity index (χ0n) is 12.6. The molecular weight excluding hydrogens is 220 g/mol. The summed E-state index contributed by atoms with van der Waals surface area (Å²) >= 11 is 0. The summed E-state index contributed by atoms with van der Waals surface area (Å²) in [5.74, 6) is 3.50. The van der Waals surface area contributed by atoms with E-state index < -0.39 is 0 Å². The minimum absolute atomic E-state index is 0.459. The molecule has 1 aliphatic heterocycles. The third-order valence-corrected chi connectivity index (χ3v) is 4.28. The van der Waals surface area contributed by atoms with Gasteiger partial charge in [0.15, 0.2) is 0 Å². The van der Waals surface area contributed by atoms with Gasteiger partial charge in [-0.15, -0.1) is 6.42 Å². The van der Waals surface area contributed by atoms with Crippen LogP contribution in [0.4, 0.5) is 0 Å². The number of likely N-dealkylation sites (tertiary alicyclic amines) is 1. The molecule has 0 amide bonds. The molecule has 0 spiro atoms.